The van der Waals surface area contributed by atoms with Gasteiger partial charge in [0.15, 0.2) is 23.0 Å². The zero-order valence-corrected chi connectivity index (χ0v) is 33.5. The maximum Gasteiger partial charge on any atom is 0.255 e. The second-order valence-corrected chi connectivity index (χ2v) is 13.9. The van der Waals surface area contributed by atoms with Crippen molar-refractivity contribution in [1.29, 1.82) is 0 Å². The van der Waals surface area contributed by atoms with Gasteiger partial charge >= 0.3 is 0 Å². The van der Waals surface area contributed by atoms with Gasteiger partial charge in [-0.25, -0.2) is 9.97 Å². The number of nitrogens with one attached hydrogen (secondary N) is 2. The molecule has 0 aliphatic carbocycles. The molecule has 8 rings (SSSR count). The number of nitrogens with zero attached hydrogens (tertiary/aromatic N) is 4. The monoisotopic (exact) mass is 784 g/mol. The topological polar surface area (TPSA) is 140 Å². The summed E-state index contributed by atoms with van der Waals surface area (Å²) in [5.74, 6) is 4.13. The lowest BCUT2D eigenvalue weighted by atomic mass is 10.1. The molecule has 2 aliphatic heterocycles. The Labute approximate surface area is 337 Å². The van der Waals surface area contributed by atoms with E-state index in [1.807, 2.05) is 48.5 Å². The van der Waals surface area contributed by atoms with Gasteiger partial charge < -0.3 is 43.5 Å². The van der Waals surface area contributed by atoms with Crippen LogP contribution < -0.4 is 34.3 Å². The molecule has 0 fully saturated rings. The van der Waals surface area contributed by atoms with Gasteiger partial charge in [0.1, 0.15) is 11.6 Å². The second-order valence-electron chi connectivity index (χ2n) is 13.9. The molecule has 4 aromatic carbocycles. The van der Waals surface area contributed by atoms with E-state index in [4.69, 9.17) is 33.7 Å². The number of carbonyl (C=O) groups excluding carboxylic acids is 2. The third-order valence-corrected chi connectivity index (χ3v) is 10.3. The zero-order valence-electron chi connectivity index (χ0n) is 33.5. The van der Waals surface area contributed by atoms with Crippen molar-refractivity contribution in [2.75, 3.05) is 46.2 Å². The Balaban J connectivity index is 0.000000177. The van der Waals surface area contributed by atoms with Crippen LogP contribution in [0.1, 0.15) is 58.0 Å². The number of ether oxygens (including phenoxy) is 5. The molecule has 2 aromatic heterocycles. The molecule has 0 bridgehead atoms. The molecule has 300 valence electrons. The lowest BCUT2D eigenvalue weighted by molar-refractivity contribution is 0.101. The second kappa shape index (κ2) is 18.0. The number of benzene rings is 4. The minimum Gasteiger partial charge on any atom is -0.493 e. The predicted octanol–water partition coefficient (Wildman–Crippen LogP) is 8.32. The van der Waals surface area contributed by atoms with Crippen molar-refractivity contribution in [1.82, 2.24) is 19.1 Å². The van der Waals surface area contributed by atoms with E-state index in [-0.39, 0.29) is 11.8 Å². The lowest BCUT2D eigenvalue weighted by Crippen LogP contribution is -2.13. The molecule has 0 saturated heterocycles. The molecule has 2 amide bonds. The highest BCUT2D eigenvalue weighted by Gasteiger charge is 2.21. The van der Waals surface area contributed by atoms with Crippen LogP contribution >= 0.6 is 0 Å². The molecule has 6 aromatic rings. The molecule has 0 saturated carbocycles. The minimum absolute atomic E-state index is 0.211. The summed E-state index contributed by atoms with van der Waals surface area (Å²) in [6.07, 6.45) is 10.8. The van der Waals surface area contributed by atoms with Crippen LogP contribution in [0.25, 0.3) is 22.5 Å². The summed E-state index contributed by atoms with van der Waals surface area (Å²) >= 11 is 0. The fourth-order valence-corrected chi connectivity index (χ4v) is 7.29. The number of amides is 2. The third kappa shape index (κ3) is 8.48. The van der Waals surface area contributed by atoms with Crippen molar-refractivity contribution in [2.45, 2.75) is 51.6 Å². The number of anilines is 2. The Morgan fingerprint density at radius 2 is 1.00 bits per heavy atom. The van der Waals surface area contributed by atoms with Gasteiger partial charge in [0, 0.05) is 60.6 Å². The van der Waals surface area contributed by atoms with Crippen molar-refractivity contribution in [2.24, 2.45) is 0 Å². The van der Waals surface area contributed by atoms with Crippen molar-refractivity contribution >= 4 is 23.2 Å². The van der Waals surface area contributed by atoms with Crippen molar-refractivity contribution in [3.8, 4) is 51.3 Å². The van der Waals surface area contributed by atoms with Crippen LogP contribution in [0.4, 0.5) is 11.4 Å². The molecule has 2 N–H and O–H groups in total. The first kappa shape index (κ1) is 39.5. The van der Waals surface area contributed by atoms with Crippen molar-refractivity contribution in [3.05, 3.63) is 114 Å². The number of carbonyl (C=O) groups is 2. The summed E-state index contributed by atoms with van der Waals surface area (Å²) in [4.78, 5) is 35.4. The normalized spacial score (nSPS) is 12.8. The van der Waals surface area contributed by atoms with E-state index in [0.29, 0.717) is 45.6 Å². The molecular weight excluding hydrogens is 737 g/mol. The number of methoxy groups -OCH3 is 5. The SMILES string of the molecule is COc1cc(C(=O)Nc2ccccc2-c2cn3c(n2)CCCC3)cc(OC)c1OC.COc1ccc(C(=O)Nc2ccccc2-c2cn3c(n2)CCCC3)cc1OC. The molecule has 4 heterocycles. The highest BCUT2D eigenvalue weighted by Crippen LogP contribution is 2.39. The fourth-order valence-electron chi connectivity index (χ4n) is 7.29. The van der Waals surface area contributed by atoms with Gasteiger partial charge in [-0.05, 0) is 68.1 Å². The minimum atomic E-state index is -0.273. The Bertz CT molecular complexity index is 2350. The first-order chi connectivity index (χ1) is 28.3. The molecule has 13 nitrogen and oxygen atoms in total. The first-order valence-corrected chi connectivity index (χ1v) is 19.3. The van der Waals surface area contributed by atoms with E-state index in [1.165, 1.54) is 40.6 Å². The van der Waals surface area contributed by atoms with Crippen molar-refractivity contribution in [3.63, 3.8) is 0 Å². The van der Waals surface area contributed by atoms with E-state index in [9.17, 15) is 9.59 Å². The summed E-state index contributed by atoms with van der Waals surface area (Å²) < 4.78 is 31.0. The summed E-state index contributed by atoms with van der Waals surface area (Å²) in [5.41, 5.74) is 5.90. The molecule has 0 atom stereocenters. The van der Waals surface area contributed by atoms with Crippen molar-refractivity contribution < 1.29 is 33.3 Å². The van der Waals surface area contributed by atoms with Gasteiger partial charge in [0.25, 0.3) is 11.8 Å². The third-order valence-electron chi connectivity index (χ3n) is 10.3. The Morgan fingerprint density at radius 1 is 0.534 bits per heavy atom. The summed E-state index contributed by atoms with van der Waals surface area (Å²) in [5, 5.41) is 6.02. The number of hydrogen-bond acceptors (Lipinski definition) is 9. The van der Waals surface area contributed by atoms with Crippen LogP contribution in [0, 0.1) is 0 Å². The average molecular weight is 785 g/mol. The zero-order chi connectivity index (χ0) is 40.6. The summed E-state index contributed by atoms with van der Waals surface area (Å²) in [7, 11) is 7.69. The Kier molecular flexibility index (Phi) is 12.3. The van der Waals surface area contributed by atoms with Gasteiger partial charge in [0.05, 0.1) is 58.3 Å². The molecule has 2 aliphatic rings. The predicted molar refractivity (Wildman–Crippen MR) is 223 cm³/mol. The van der Waals surface area contributed by atoms with E-state index >= 15 is 0 Å². The smallest absolute Gasteiger partial charge is 0.255 e. The van der Waals surface area contributed by atoms with Crippen LogP contribution in [-0.2, 0) is 25.9 Å². The van der Waals surface area contributed by atoms with Gasteiger partial charge in [-0.3, -0.25) is 9.59 Å². The van der Waals surface area contributed by atoms with E-state index in [1.54, 1.807) is 44.6 Å². The maximum atomic E-state index is 13.0. The van der Waals surface area contributed by atoms with Crippen LogP contribution in [0.15, 0.2) is 91.3 Å². The van der Waals surface area contributed by atoms with Crippen LogP contribution in [0.5, 0.6) is 28.7 Å². The highest BCUT2D eigenvalue weighted by molar-refractivity contribution is 6.07. The number of aryl methyl sites for hydroxylation is 4. The van der Waals surface area contributed by atoms with Gasteiger partial charge in [-0.1, -0.05) is 36.4 Å². The number of imidazole rings is 2. The highest BCUT2D eigenvalue weighted by atomic mass is 16.5. The molecule has 0 radical (unpaired) electrons. The summed E-state index contributed by atoms with van der Waals surface area (Å²) in [6, 6.07) is 23.8. The fraction of sp³-hybridized carbons (Fsp3) is 0.289. The number of para-hydroxylation sites is 2. The molecule has 58 heavy (non-hydrogen) atoms. The van der Waals surface area contributed by atoms with Crippen LogP contribution in [0.2, 0.25) is 0 Å². The van der Waals surface area contributed by atoms with Gasteiger partial charge in [0.2, 0.25) is 5.75 Å². The lowest BCUT2D eigenvalue weighted by Gasteiger charge is -2.15. The first-order valence-electron chi connectivity index (χ1n) is 19.3. The Morgan fingerprint density at radius 3 is 1.47 bits per heavy atom. The standard InChI is InChI=1S/C23H25N3O4.C22H23N3O3/c1-28-19-12-15(13-20(29-2)22(19)30-3)23(27)25-17-9-5-4-8-16(17)18-14-26-11-7-6-10-21(26)24-18;1-27-19-11-10-15(13-20(19)28-2)22(26)24-17-8-4-3-7-16(17)18-14-25-12-6-5-9-21(25)23-18/h4-5,8-9,12-14H,6-7,10-11H2,1-3H3,(H,25,27);3-4,7-8,10-11,13-14H,5-6,9,12H2,1-2H3,(H,24,26). The molecule has 0 spiro atoms. The van der Waals surface area contributed by atoms with Gasteiger partial charge in [-0.15, -0.1) is 0 Å². The van der Waals surface area contributed by atoms with Crippen LogP contribution in [0.3, 0.4) is 0 Å². The Hall–Kier alpha value is -6.76. The summed E-state index contributed by atoms with van der Waals surface area (Å²) in [6.45, 7) is 1.99. The molecule has 0 unspecified atom stereocenters. The number of hydrogen-bond donors (Lipinski definition) is 2. The van der Waals surface area contributed by atoms with E-state index < -0.39 is 0 Å². The number of fused-ring (bicyclic) bond motifs is 2. The number of rotatable bonds is 11. The maximum absolute atomic E-state index is 13.0. The molecule has 13 heteroatoms. The van der Waals surface area contributed by atoms with E-state index in [2.05, 4.69) is 32.2 Å². The average Bonchev–Trinajstić information content (AvgIpc) is 3.91. The number of aromatic nitrogens is 4. The van der Waals surface area contributed by atoms with Gasteiger partial charge in [-0.2, -0.15) is 0 Å². The van der Waals surface area contributed by atoms with Crippen LogP contribution in [-0.4, -0.2) is 66.5 Å². The largest absolute Gasteiger partial charge is 0.493 e. The quantitative estimate of drug-likeness (QED) is 0.133. The molecular formula is C45H48N6O7. The van der Waals surface area contributed by atoms with E-state index in [0.717, 1.165) is 72.2 Å².